The molecule has 1 aromatic heterocycles. The van der Waals surface area contributed by atoms with E-state index in [1.807, 2.05) is 0 Å². The molecular formula is C7H12N4S2. The summed E-state index contributed by atoms with van der Waals surface area (Å²) in [6.45, 7) is 2.22. The number of anilines is 1. The van der Waals surface area contributed by atoms with Crippen LogP contribution in [0.4, 0.5) is 5.13 Å². The molecule has 1 aliphatic rings. The normalized spacial score (nSPS) is 23.2. The fourth-order valence-corrected chi connectivity index (χ4v) is 3.39. The van der Waals surface area contributed by atoms with Gasteiger partial charge >= 0.3 is 0 Å². The van der Waals surface area contributed by atoms with E-state index in [1.54, 1.807) is 11.8 Å². The molecule has 13 heavy (non-hydrogen) atoms. The van der Waals surface area contributed by atoms with Crippen molar-refractivity contribution in [2.24, 2.45) is 0 Å². The van der Waals surface area contributed by atoms with E-state index in [0.717, 1.165) is 17.4 Å². The van der Waals surface area contributed by atoms with E-state index in [2.05, 4.69) is 15.5 Å². The van der Waals surface area contributed by atoms with Gasteiger partial charge in [0.05, 0.1) is 0 Å². The maximum Gasteiger partial charge on any atom is 0.203 e. The van der Waals surface area contributed by atoms with Gasteiger partial charge in [0.1, 0.15) is 0 Å². The zero-order chi connectivity index (χ0) is 9.10. The van der Waals surface area contributed by atoms with Gasteiger partial charge in [-0.25, -0.2) is 0 Å². The number of nitrogens with one attached hydrogen (secondary N) is 1. The van der Waals surface area contributed by atoms with Gasteiger partial charge in [-0.3, -0.25) is 0 Å². The second kappa shape index (κ2) is 4.26. The van der Waals surface area contributed by atoms with E-state index in [9.17, 15) is 0 Å². The number of aromatic nitrogens is 2. The van der Waals surface area contributed by atoms with E-state index in [0.29, 0.717) is 10.4 Å². The minimum absolute atomic E-state index is 0.561. The van der Waals surface area contributed by atoms with E-state index in [4.69, 9.17) is 5.73 Å². The van der Waals surface area contributed by atoms with Crippen molar-refractivity contribution in [1.29, 1.82) is 0 Å². The van der Waals surface area contributed by atoms with Crippen molar-refractivity contribution >= 4 is 28.2 Å². The van der Waals surface area contributed by atoms with Crippen LogP contribution in [0.3, 0.4) is 0 Å². The highest BCUT2D eigenvalue weighted by Gasteiger charge is 2.15. The second-order valence-electron chi connectivity index (χ2n) is 2.99. The molecule has 0 aromatic carbocycles. The number of nitrogens with two attached hydrogens (primary N) is 1. The van der Waals surface area contributed by atoms with Crippen molar-refractivity contribution in [3.63, 3.8) is 0 Å². The van der Waals surface area contributed by atoms with Crippen molar-refractivity contribution in [2.75, 3.05) is 18.8 Å². The largest absolute Gasteiger partial charge is 0.374 e. The number of hydrogen-bond acceptors (Lipinski definition) is 6. The number of hydrogen-bond donors (Lipinski definition) is 2. The Labute approximate surface area is 85.3 Å². The lowest BCUT2D eigenvalue weighted by Crippen LogP contribution is -2.31. The number of rotatable bonds is 2. The minimum Gasteiger partial charge on any atom is -0.374 e. The molecule has 2 heterocycles. The Morgan fingerprint density at radius 1 is 1.54 bits per heavy atom. The maximum atomic E-state index is 5.50. The molecular weight excluding hydrogens is 204 g/mol. The van der Waals surface area contributed by atoms with Crippen LogP contribution in [0.15, 0.2) is 4.34 Å². The third kappa shape index (κ3) is 2.55. The van der Waals surface area contributed by atoms with E-state index >= 15 is 0 Å². The summed E-state index contributed by atoms with van der Waals surface area (Å²) < 4.78 is 0.992. The summed E-state index contributed by atoms with van der Waals surface area (Å²) in [6, 6.07) is 0. The SMILES string of the molecule is Nc1nnc(SC2CCCNC2)s1. The molecule has 2 rings (SSSR count). The molecule has 3 N–H and O–H groups in total. The van der Waals surface area contributed by atoms with Crippen molar-refractivity contribution in [3.8, 4) is 0 Å². The first-order chi connectivity index (χ1) is 6.34. The fraction of sp³-hybridized carbons (Fsp3) is 0.714. The molecule has 0 amide bonds. The molecule has 1 atom stereocenters. The first-order valence-electron chi connectivity index (χ1n) is 4.31. The van der Waals surface area contributed by atoms with E-state index < -0.39 is 0 Å². The molecule has 0 saturated carbocycles. The predicted octanol–water partition coefficient (Wildman–Crippen LogP) is 0.964. The number of thioether (sulfide) groups is 1. The van der Waals surface area contributed by atoms with Crippen LogP contribution >= 0.6 is 23.1 Å². The molecule has 0 bridgehead atoms. The van der Waals surface area contributed by atoms with Crippen LogP contribution in [0, 0.1) is 0 Å². The molecule has 4 nitrogen and oxygen atoms in total. The summed E-state index contributed by atoms with van der Waals surface area (Å²) in [7, 11) is 0. The van der Waals surface area contributed by atoms with Gasteiger partial charge < -0.3 is 11.1 Å². The number of nitrogen functional groups attached to an aromatic ring is 1. The van der Waals surface area contributed by atoms with Gasteiger partial charge in [0.25, 0.3) is 0 Å². The average Bonchev–Trinajstić information content (AvgIpc) is 2.53. The smallest absolute Gasteiger partial charge is 0.203 e. The van der Waals surface area contributed by atoms with Crippen LogP contribution in [0.2, 0.25) is 0 Å². The van der Waals surface area contributed by atoms with Gasteiger partial charge in [0, 0.05) is 11.8 Å². The lowest BCUT2D eigenvalue weighted by molar-refractivity contribution is 0.531. The standard InChI is InChI=1S/C7H12N4S2/c8-6-10-11-7(13-6)12-5-2-1-3-9-4-5/h5,9H,1-4H2,(H2,8,10). The van der Waals surface area contributed by atoms with Crippen LogP contribution in [-0.2, 0) is 0 Å². The monoisotopic (exact) mass is 216 g/mol. The highest BCUT2D eigenvalue weighted by atomic mass is 32.2. The molecule has 0 aliphatic carbocycles. The first kappa shape index (κ1) is 9.23. The third-order valence-electron chi connectivity index (χ3n) is 1.94. The molecule has 1 saturated heterocycles. The average molecular weight is 216 g/mol. The molecule has 1 unspecified atom stereocenters. The predicted molar refractivity (Wildman–Crippen MR) is 56.1 cm³/mol. The Kier molecular flexibility index (Phi) is 3.02. The van der Waals surface area contributed by atoms with Crippen LogP contribution in [0.5, 0.6) is 0 Å². The van der Waals surface area contributed by atoms with Gasteiger partial charge in [0.15, 0.2) is 4.34 Å². The number of nitrogens with zero attached hydrogens (tertiary/aromatic N) is 2. The summed E-state index contributed by atoms with van der Waals surface area (Å²) in [5, 5.41) is 12.3. The van der Waals surface area contributed by atoms with Gasteiger partial charge in [-0.05, 0) is 19.4 Å². The fourth-order valence-electron chi connectivity index (χ4n) is 1.33. The maximum absolute atomic E-state index is 5.50. The van der Waals surface area contributed by atoms with Crippen molar-refractivity contribution in [2.45, 2.75) is 22.4 Å². The quantitative estimate of drug-likeness (QED) is 0.771. The van der Waals surface area contributed by atoms with E-state index in [-0.39, 0.29) is 0 Å². The van der Waals surface area contributed by atoms with E-state index in [1.165, 1.54) is 24.2 Å². The van der Waals surface area contributed by atoms with Crippen molar-refractivity contribution in [3.05, 3.63) is 0 Å². The summed E-state index contributed by atoms with van der Waals surface area (Å²) >= 11 is 3.26. The Bertz CT molecular complexity index is 269. The Morgan fingerprint density at radius 2 is 2.46 bits per heavy atom. The minimum atomic E-state index is 0.561. The Morgan fingerprint density at radius 3 is 3.08 bits per heavy atom. The summed E-state index contributed by atoms with van der Waals surface area (Å²) in [5.74, 6) is 0. The van der Waals surface area contributed by atoms with Crippen LogP contribution in [0.25, 0.3) is 0 Å². The van der Waals surface area contributed by atoms with Gasteiger partial charge in [-0.15, -0.1) is 10.2 Å². The van der Waals surface area contributed by atoms with Crippen LogP contribution < -0.4 is 11.1 Å². The molecule has 0 radical (unpaired) electrons. The summed E-state index contributed by atoms with van der Waals surface area (Å²) in [6.07, 6.45) is 2.52. The summed E-state index contributed by atoms with van der Waals surface area (Å²) in [4.78, 5) is 0. The molecule has 0 spiro atoms. The Balaban J connectivity index is 1.89. The van der Waals surface area contributed by atoms with Crippen LogP contribution in [-0.4, -0.2) is 28.5 Å². The highest BCUT2D eigenvalue weighted by molar-refractivity contribution is 8.01. The topological polar surface area (TPSA) is 63.8 Å². The van der Waals surface area contributed by atoms with Crippen molar-refractivity contribution < 1.29 is 0 Å². The number of piperidine rings is 1. The first-order valence-corrected chi connectivity index (χ1v) is 6.00. The third-order valence-corrected chi connectivity index (χ3v) is 4.05. The lowest BCUT2D eigenvalue weighted by Gasteiger charge is -2.20. The van der Waals surface area contributed by atoms with Gasteiger partial charge in [0.2, 0.25) is 5.13 Å². The van der Waals surface area contributed by atoms with Crippen molar-refractivity contribution in [1.82, 2.24) is 15.5 Å². The zero-order valence-corrected chi connectivity index (χ0v) is 8.83. The zero-order valence-electron chi connectivity index (χ0n) is 7.19. The Hall–Kier alpha value is -0.330. The molecule has 72 valence electrons. The molecule has 1 aliphatic heterocycles. The molecule has 6 heteroatoms. The van der Waals surface area contributed by atoms with Gasteiger partial charge in [-0.2, -0.15) is 0 Å². The highest BCUT2D eigenvalue weighted by Crippen LogP contribution is 2.30. The molecule has 1 fully saturated rings. The summed E-state index contributed by atoms with van der Waals surface area (Å²) in [5.41, 5.74) is 5.50. The molecule has 1 aromatic rings. The van der Waals surface area contributed by atoms with Crippen LogP contribution in [0.1, 0.15) is 12.8 Å². The second-order valence-corrected chi connectivity index (χ2v) is 5.55. The lowest BCUT2D eigenvalue weighted by atomic mass is 10.2. The van der Waals surface area contributed by atoms with Gasteiger partial charge in [-0.1, -0.05) is 23.1 Å².